The molecule has 4 unspecified atom stereocenters. The van der Waals surface area contributed by atoms with Gasteiger partial charge in [0.1, 0.15) is 0 Å². The zero-order chi connectivity index (χ0) is 16.4. The second-order valence-electron chi connectivity index (χ2n) is 7.85. The predicted octanol–water partition coefficient (Wildman–Crippen LogP) is 1.48. The first-order valence-corrected chi connectivity index (χ1v) is 9.10. The van der Waals surface area contributed by atoms with Gasteiger partial charge in [-0.05, 0) is 27.9 Å². The summed E-state index contributed by atoms with van der Waals surface area (Å²) in [4.78, 5) is 9.39. The first-order chi connectivity index (χ1) is 10.2. The van der Waals surface area contributed by atoms with E-state index in [1.165, 1.54) is 0 Å². The second-order valence-corrected chi connectivity index (χ2v) is 9.68. The van der Waals surface area contributed by atoms with Crippen molar-refractivity contribution in [1.29, 1.82) is 0 Å². The molecule has 0 aromatic heterocycles. The Balaban J connectivity index is 2.15. The molecule has 0 amide bonds. The van der Waals surface area contributed by atoms with Crippen LogP contribution >= 0.6 is 23.2 Å². The molecule has 6 heteroatoms. The van der Waals surface area contributed by atoms with Crippen LogP contribution in [0.2, 0.25) is 0 Å². The maximum Gasteiger partial charge on any atom is 0.0671 e. The lowest BCUT2D eigenvalue weighted by molar-refractivity contribution is 0.112. The highest BCUT2D eigenvalue weighted by Crippen LogP contribution is 2.22. The molecular formula is C16H32Cl2N4. The van der Waals surface area contributed by atoms with Gasteiger partial charge in [-0.15, -0.1) is 23.2 Å². The Hall–Kier alpha value is 0.420. The molecule has 2 bridgehead atoms. The van der Waals surface area contributed by atoms with E-state index in [0.717, 1.165) is 65.4 Å². The Morgan fingerprint density at radius 1 is 0.591 bits per heavy atom. The van der Waals surface area contributed by atoms with Crippen LogP contribution < -0.4 is 0 Å². The third-order valence-corrected chi connectivity index (χ3v) is 5.11. The summed E-state index contributed by atoms with van der Waals surface area (Å²) in [5.41, 5.74) is 0. The van der Waals surface area contributed by atoms with Crippen molar-refractivity contribution in [3.63, 3.8) is 0 Å². The topological polar surface area (TPSA) is 13.0 Å². The molecule has 2 fully saturated rings. The number of fused-ring (bicyclic) bond motifs is 3. The van der Waals surface area contributed by atoms with Crippen LogP contribution in [0.25, 0.3) is 0 Å². The minimum absolute atomic E-state index is 0.180. The molecule has 0 saturated carbocycles. The van der Waals surface area contributed by atoms with Gasteiger partial charge in [-0.1, -0.05) is 0 Å². The van der Waals surface area contributed by atoms with Gasteiger partial charge in [0, 0.05) is 65.4 Å². The number of alkyl halides is 2. The van der Waals surface area contributed by atoms with Gasteiger partial charge in [-0.2, -0.15) is 0 Å². The fraction of sp³-hybridized carbons (Fsp3) is 1.00. The summed E-state index contributed by atoms with van der Waals surface area (Å²) in [6.45, 7) is 14.4. The van der Waals surface area contributed by atoms with E-state index in [2.05, 4.69) is 47.5 Å². The van der Waals surface area contributed by atoms with Crippen LogP contribution in [-0.2, 0) is 0 Å². The van der Waals surface area contributed by atoms with Crippen LogP contribution in [0.1, 0.15) is 13.8 Å². The number of hydrogen-bond donors (Lipinski definition) is 0. The Labute approximate surface area is 146 Å². The molecule has 2 aliphatic heterocycles. The first kappa shape index (κ1) is 18.8. The average molecular weight is 351 g/mol. The van der Waals surface area contributed by atoms with Gasteiger partial charge >= 0.3 is 0 Å². The van der Waals surface area contributed by atoms with Gasteiger partial charge in [0.2, 0.25) is 0 Å². The standard InChI is InChI=1S/C16H32Cl2N4/c1-15(17)11-19(3)5-8-22-10-9-21(13-15)7-6-20(4)12-16(2,18)14-22/h5-14H2,1-4H3. The highest BCUT2D eigenvalue weighted by atomic mass is 35.5. The zero-order valence-corrected chi connectivity index (χ0v) is 16.1. The van der Waals surface area contributed by atoms with Crippen LogP contribution in [0.3, 0.4) is 0 Å². The summed E-state index contributed by atoms with van der Waals surface area (Å²) in [6.07, 6.45) is 0. The van der Waals surface area contributed by atoms with Gasteiger partial charge in [-0.25, -0.2) is 0 Å². The van der Waals surface area contributed by atoms with Crippen molar-refractivity contribution in [3.05, 3.63) is 0 Å². The summed E-state index contributed by atoms with van der Waals surface area (Å²) in [6, 6.07) is 0. The minimum Gasteiger partial charge on any atom is -0.303 e. The Bertz CT molecular complexity index is 328. The Morgan fingerprint density at radius 2 is 0.909 bits per heavy atom. The summed E-state index contributed by atoms with van der Waals surface area (Å²) < 4.78 is 0. The van der Waals surface area contributed by atoms with Crippen molar-refractivity contribution in [2.24, 2.45) is 0 Å². The van der Waals surface area contributed by atoms with Gasteiger partial charge in [0.15, 0.2) is 0 Å². The SMILES string of the molecule is CN1CCN2CCN(CCN(C)CC(C)(Cl)C2)CC(C)(Cl)C1. The first-order valence-electron chi connectivity index (χ1n) is 8.35. The van der Waals surface area contributed by atoms with Crippen LogP contribution in [0.5, 0.6) is 0 Å². The number of halogens is 2. The summed E-state index contributed by atoms with van der Waals surface area (Å²) in [7, 11) is 4.34. The average Bonchev–Trinajstić information content (AvgIpc) is 2.35. The quantitative estimate of drug-likeness (QED) is 0.613. The largest absolute Gasteiger partial charge is 0.303 e. The summed E-state index contributed by atoms with van der Waals surface area (Å²) >= 11 is 13.6. The van der Waals surface area contributed by atoms with Crippen molar-refractivity contribution < 1.29 is 0 Å². The van der Waals surface area contributed by atoms with Gasteiger partial charge in [0.05, 0.1) is 9.75 Å². The third kappa shape index (κ3) is 6.14. The minimum atomic E-state index is -0.180. The van der Waals surface area contributed by atoms with E-state index in [-0.39, 0.29) is 9.75 Å². The van der Waals surface area contributed by atoms with Crippen LogP contribution in [0, 0.1) is 0 Å². The van der Waals surface area contributed by atoms with Gasteiger partial charge in [-0.3, -0.25) is 9.80 Å². The monoisotopic (exact) mass is 350 g/mol. The van der Waals surface area contributed by atoms with Crippen LogP contribution in [0.15, 0.2) is 0 Å². The van der Waals surface area contributed by atoms with E-state index in [9.17, 15) is 0 Å². The van der Waals surface area contributed by atoms with E-state index in [0.29, 0.717) is 0 Å². The molecule has 2 heterocycles. The molecule has 2 aliphatic rings. The van der Waals surface area contributed by atoms with E-state index in [1.807, 2.05) is 0 Å². The van der Waals surface area contributed by atoms with Gasteiger partial charge in [0.25, 0.3) is 0 Å². The maximum absolute atomic E-state index is 6.78. The molecule has 2 rings (SSSR count). The lowest BCUT2D eigenvalue weighted by atomic mass is 10.1. The molecule has 0 aliphatic carbocycles. The van der Waals surface area contributed by atoms with Gasteiger partial charge < -0.3 is 9.80 Å². The summed E-state index contributed by atoms with van der Waals surface area (Å²) in [5.74, 6) is 0. The van der Waals surface area contributed by atoms with E-state index in [1.54, 1.807) is 0 Å². The molecule has 0 radical (unpaired) electrons. The van der Waals surface area contributed by atoms with Crippen molar-refractivity contribution >= 4 is 23.2 Å². The fourth-order valence-corrected chi connectivity index (χ4v) is 4.51. The fourth-order valence-electron chi connectivity index (χ4n) is 3.76. The second kappa shape index (κ2) is 7.54. The van der Waals surface area contributed by atoms with E-state index < -0.39 is 0 Å². The van der Waals surface area contributed by atoms with Crippen LogP contribution in [0.4, 0.5) is 0 Å². The van der Waals surface area contributed by atoms with E-state index in [4.69, 9.17) is 23.2 Å². The number of rotatable bonds is 0. The third-order valence-electron chi connectivity index (χ3n) is 4.63. The molecule has 2 saturated heterocycles. The van der Waals surface area contributed by atoms with Crippen molar-refractivity contribution in [1.82, 2.24) is 19.6 Å². The van der Waals surface area contributed by atoms with Crippen molar-refractivity contribution in [2.45, 2.75) is 23.6 Å². The number of likely N-dealkylation sites (N-methyl/N-ethyl adjacent to an activating group) is 2. The lowest BCUT2D eigenvalue weighted by Crippen LogP contribution is -2.55. The zero-order valence-electron chi connectivity index (χ0n) is 14.6. The highest BCUT2D eigenvalue weighted by molar-refractivity contribution is 6.24. The highest BCUT2D eigenvalue weighted by Gasteiger charge is 2.31. The predicted molar refractivity (Wildman–Crippen MR) is 96.4 cm³/mol. The molecule has 0 spiro atoms. The molecule has 0 aromatic carbocycles. The molecule has 4 nitrogen and oxygen atoms in total. The van der Waals surface area contributed by atoms with Crippen LogP contribution in [-0.4, -0.2) is 109 Å². The normalized spacial score (nSPS) is 43.9. The molecule has 0 aromatic rings. The molecule has 130 valence electrons. The number of nitrogens with zero attached hydrogens (tertiary/aromatic N) is 4. The van der Waals surface area contributed by atoms with E-state index >= 15 is 0 Å². The Kier molecular flexibility index (Phi) is 6.43. The maximum atomic E-state index is 6.78. The molecule has 4 atom stereocenters. The van der Waals surface area contributed by atoms with Crippen molar-refractivity contribution in [2.75, 3.05) is 79.5 Å². The Morgan fingerprint density at radius 3 is 1.27 bits per heavy atom. The molecule has 22 heavy (non-hydrogen) atoms. The van der Waals surface area contributed by atoms with Crippen molar-refractivity contribution in [3.8, 4) is 0 Å². The molecule has 0 N–H and O–H groups in total. The number of hydrogen-bond acceptors (Lipinski definition) is 4. The summed E-state index contributed by atoms with van der Waals surface area (Å²) in [5, 5.41) is 0. The smallest absolute Gasteiger partial charge is 0.0671 e. The lowest BCUT2D eigenvalue weighted by Gasteiger charge is -2.41. The molecular weight excluding hydrogens is 319 g/mol.